The van der Waals surface area contributed by atoms with Gasteiger partial charge in [0.2, 0.25) is 6.10 Å². The van der Waals surface area contributed by atoms with Gasteiger partial charge in [-0.05, 0) is 59.1 Å². The number of nitriles is 1. The van der Waals surface area contributed by atoms with E-state index < -0.39 is 18.0 Å². The third-order valence-corrected chi connectivity index (χ3v) is 7.95. The number of carbonyl (C=O) groups is 2. The van der Waals surface area contributed by atoms with Crippen LogP contribution in [0.4, 0.5) is 0 Å². The lowest BCUT2D eigenvalue weighted by Crippen LogP contribution is -2.14. The second-order valence-electron chi connectivity index (χ2n) is 10.8. The highest BCUT2D eigenvalue weighted by atomic mass is 35.5. The topological polar surface area (TPSA) is 96.6 Å². The van der Waals surface area contributed by atoms with E-state index in [2.05, 4.69) is 0 Å². The van der Waals surface area contributed by atoms with Crippen LogP contribution >= 0.6 is 46.4 Å². The predicted octanol–water partition coefficient (Wildman–Crippen LogP) is 8.84. The molecule has 0 saturated heterocycles. The second-order valence-corrected chi connectivity index (χ2v) is 12.8. The van der Waals surface area contributed by atoms with Crippen molar-refractivity contribution >= 4 is 58.3 Å². The monoisotopic (exact) mass is 623 g/mol. The lowest BCUT2D eigenvalue weighted by atomic mass is 10.1. The van der Waals surface area contributed by atoms with Crippen molar-refractivity contribution in [3.63, 3.8) is 0 Å². The maximum atomic E-state index is 12.6. The first-order valence-corrected chi connectivity index (χ1v) is 13.9. The fraction of sp³-hybridized carbons (Fsp3) is 0.367. The summed E-state index contributed by atoms with van der Waals surface area (Å²) in [6, 6.07) is 18.3. The maximum absolute atomic E-state index is 12.6. The molecule has 2 aliphatic rings. The molecule has 212 valence electrons. The van der Waals surface area contributed by atoms with E-state index in [1.807, 2.05) is 64.1 Å². The Balaban J connectivity index is 0.000000307. The highest BCUT2D eigenvalue weighted by Crippen LogP contribution is 2.61. The molecule has 2 saturated carbocycles. The molecule has 5 atom stereocenters. The number of aliphatic carboxylic acids is 1. The Hall–Kier alpha value is -2.69. The number of halogens is 4. The van der Waals surface area contributed by atoms with Crippen molar-refractivity contribution < 1.29 is 24.2 Å². The van der Waals surface area contributed by atoms with E-state index in [-0.39, 0.29) is 43.5 Å². The number of benzene rings is 2. The molecule has 0 aliphatic heterocycles. The summed E-state index contributed by atoms with van der Waals surface area (Å²) in [6.45, 7) is 7.66. The Morgan fingerprint density at radius 2 is 1.40 bits per heavy atom. The van der Waals surface area contributed by atoms with Gasteiger partial charge in [-0.25, -0.2) is 0 Å². The Bertz CT molecular complexity index is 1340. The van der Waals surface area contributed by atoms with Gasteiger partial charge in [-0.2, -0.15) is 5.26 Å². The summed E-state index contributed by atoms with van der Waals surface area (Å²) < 4.78 is 11.5. The molecule has 2 aromatic carbocycles. The van der Waals surface area contributed by atoms with Crippen LogP contribution in [0.2, 0.25) is 0 Å². The van der Waals surface area contributed by atoms with E-state index >= 15 is 0 Å². The molecule has 0 bridgehead atoms. The first kappa shape index (κ1) is 31.8. The van der Waals surface area contributed by atoms with Gasteiger partial charge in [-0.15, -0.1) is 0 Å². The highest BCUT2D eigenvalue weighted by molar-refractivity contribution is 6.56. The predicted molar refractivity (Wildman–Crippen MR) is 156 cm³/mol. The Labute approximate surface area is 254 Å². The van der Waals surface area contributed by atoms with Crippen LogP contribution in [0.15, 0.2) is 75.7 Å². The van der Waals surface area contributed by atoms with Gasteiger partial charge >= 0.3 is 11.9 Å². The Morgan fingerprint density at radius 3 is 1.90 bits per heavy atom. The first-order valence-electron chi connectivity index (χ1n) is 12.4. The molecule has 2 aromatic rings. The van der Waals surface area contributed by atoms with Gasteiger partial charge < -0.3 is 14.6 Å². The summed E-state index contributed by atoms with van der Waals surface area (Å²) in [5.41, 5.74) is 0.0239. The fourth-order valence-corrected chi connectivity index (χ4v) is 5.44. The summed E-state index contributed by atoms with van der Waals surface area (Å²) in [7, 11) is 0. The third kappa shape index (κ3) is 7.73. The van der Waals surface area contributed by atoms with E-state index in [0.29, 0.717) is 17.1 Å². The molecular weight excluding hydrogens is 596 g/mol. The largest absolute Gasteiger partial charge is 0.481 e. The molecule has 2 aliphatic carbocycles. The first-order chi connectivity index (χ1) is 18.7. The lowest BCUT2D eigenvalue weighted by Gasteiger charge is -2.13. The molecule has 40 heavy (non-hydrogen) atoms. The minimum absolute atomic E-state index is 0.0278. The summed E-state index contributed by atoms with van der Waals surface area (Å²) in [4.78, 5) is 23.3. The van der Waals surface area contributed by atoms with Crippen LogP contribution in [0.3, 0.4) is 0 Å². The molecule has 6 nitrogen and oxygen atoms in total. The van der Waals surface area contributed by atoms with Crippen LogP contribution in [0.1, 0.15) is 39.4 Å². The van der Waals surface area contributed by atoms with Crippen molar-refractivity contribution in [3.8, 4) is 17.6 Å². The summed E-state index contributed by atoms with van der Waals surface area (Å²) in [5.74, 6) is -0.863. The van der Waals surface area contributed by atoms with E-state index in [0.717, 1.165) is 0 Å². The number of hydrogen-bond donors (Lipinski definition) is 1. The van der Waals surface area contributed by atoms with E-state index in [1.165, 1.54) is 0 Å². The fourth-order valence-electron chi connectivity index (χ4n) is 4.89. The SMILES string of the molecule is CC1(C)C(C=C(Cl)Cl)C1C(=O)O.CC1(C)C(C=C(Cl)Cl)C1C(=O)OC(C#N)c1cccc(Oc2ccccc2)c1. The number of ether oxygens (including phenoxy) is 2. The molecular formula is C30H29Cl4NO5. The summed E-state index contributed by atoms with van der Waals surface area (Å²) in [5, 5.41) is 18.3. The maximum Gasteiger partial charge on any atom is 0.311 e. The number of esters is 1. The van der Waals surface area contributed by atoms with Crippen LogP contribution in [0, 0.1) is 45.8 Å². The molecule has 0 spiro atoms. The lowest BCUT2D eigenvalue weighted by molar-refractivity contribution is -0.149. The minimum Gasteiger partial charge on any atom is -0.481 e. The third-order valence-electron chi connectivity index (χ3n) is 7.44. The average molecular weight is 625 g/mol. The molecule has 0 radical (unpaired) electrons. The number of carboxylic acids is 1. The van der Waals surface area contributed by atoms with Crippen molar-refractivity contribution in [1.29, 1.82) is 5.26 Å². The molecule has 0 aromatic heterocycles. The van der Waals surface area contributed by atoms with Gasteiger partial charge in [0.25, 0.3) is 0 Å². The molecule has 1 N–H and O–H groups in total. The van der Waals surface area contributed by atoms with Crippen molar-refractivity contribution in [2.24, 2.45) is 34.5 Å². The van der Waals surface area contributed by atoms with E-state index in [1.54, 1.807) is 36.4 Å². The second kappa shape index (κ2) is 12.9. The normalized spacial score (nSPS) is 23.6. The number of para-hydroxylation sites is 1. The van der Waals surface area contributed by atoms with Gasteiger partial charge in [-0.3, -0.25) is 9.59 Å². The zero-order valence-electron chi connectivity index (χ0n) is 22.3. The number of nitrogens with zero attached hydrogens (tertiary/aromatic N) is 1. The number of carboxylic acid groups (broad SMARTS) is 1. The van der Waals surface area contributed by atoms with Crippen molar-refractivity contribution in [3.05, 3.63) is 81.3 Å². The highest BCUT2D eigenvalue weighted by Gasteiger charge is 2.62. The van der Waals surface area contributed by atoms with Crippen LogP contribution in [0.25, 0.3) is 0 Å². The van der Waals surface area contributed by atoms with E-state index in [4.69, 9.17) is 61.0 Å². The van der Waals surface area contributed by atoms with Crippen molar-refractivity contribution in [2.75, 3.05) is 0 Å². The molecule has 2 fully saturated rings. The minimum atomic E-state index is -1.03. The Morgan fingerprint density at radius 1 is 0.875 bits per heavy atom. The molecule has 0 heterocycles. The van der Waals surface area contributed by atoms with Crippen LogP contribution in [0.5, 0.6) is 11.5 Å². The van der Waals surface area contributed by atoms with Gasteiger partial charge in [0.05, 0.1) is 11.8 Å². The number of allylic oxidation sites excluding steroid dienone is 2. The summed E-state index contributed by atoms with van der Waals surface area (Å²) in [6.07, 6.45) is 2.21. The van der Waals surface area contributed by atoms with Gasteiger partial charge in [0.1, 0.15) is 26.6 Å². The number of rotatable bonds is 8. The van der Waals surface area contributed by atoms with Crippen molar-refractivity contribution in [1.82, 2.24) is 0 Å². The molecule has 10 heteroatoms. The molecule has 5 unspecified atom stereocenters. The van der Waals surface area contributed by atoms with Crippen LogP contribution in [-0.4, -0.2) is 17.0 Å². The standard InChI is InChI=1S/C22H19Cl2NO3.C8H10Cl2O2/c1-22(2)17(12-19(23)24)20(22)21(26)28-18(13-25)14-7-6-10-16(11-14)27-15-8-4-3-5-9-15;1-8(2)4(3-5(9)10)6(8)7(11)12/h3-12,17-18,20H,1-2H3;3-4,6H,1-2H3,(H,11,12). The van der Waals surface area contributed by atoms with Gasteiger partial charge in [0.15, 0.2) is 0 Å². The number of hydrogen-bond acceptors (Lipinski definition) is 5. The Kier molecular flexibility index (Phi) is 10.2. The summed E-state index contributed by atoms with van der Waals surface area (Å²) >= 11 is 22.3. The quantitative estimate of drug-likeness (QED) is 0.295. The average Bonchev–Trinajstić information content (AvgIpc) is 3.63. The van der Waals surface area contributed by atoms with E-state index in [9.17, 15) is 14.9 Å². The van der Waals surface area contributed by atoms with Crippen molar-refractivity contribution in [2.45, 2.75) is 33.8 Å². The smallest absolute Gasteiger partial charge is 0.311 e. The zero-order chi connectivity index (χ0) is 29.8. The van der Waals surface area contributed by atoms with Crippen LogP contribution in [-0.2, 0) is 14.3 Å². The van der Waals surface area contributed by atoms with Gasteiger partial charge in [-0.1, -0.05) is 104 Å². The molecule has 4 rings (SSSR count). The van der Waals surface area contributed by atoms with Gasteiger partial charge in [0, 0.05) is 5.56 Å². The van der Waals surface area contributed by atoms with Crippen LogP contribution < -0.4 is 4.74 Å². The zero-order valence-corrected chi connectivity index (χ0v) is 25.3. The number of carbonyl (C=O) groups excluding carboxylic acids is 1. The molecule has 0 amide bonds.